The van der Waals surface area contributed by atoms with Gasteiger partial charge in [-0.1, -0.05) is 26.3 Å². The first-order valence-electron chi connectivity index (χ1n) is 4.99. The third-order valence-electron chi connectivity index (χ3n) is 2.44. The van der Waals surface area contributed by atoms with Gasteiger partial charge in [0.2, 0.25) is 0 Å². The van der Waals surface area contributed by atoms with Crippen LogP contribution in [0.3, 0.4) is 0 Å². The lowest BCUT2D eigenvalue weighted by molar-refractivity contribution is 0.174. The third-order valence-corrected chi connectivity index (χ3v) is 3.52. The molecule has 83 valence electrons. The van der Waals surface area contributed by atoms with Crippen LogP contribution in [0.4, 0.5) is 4.79 Å². The molecular formula is C11H16NO2S. The van der Waals surface area contributed by atoms with E-state index in [0.717, 1.165) is 17.7 Å². The maximum absolute atomic E-state index is 10.8. The first kappa shape index (κ1) is 12.0. The van der Waals surface area contributed by atoms with Crippen LogP contribution in [0.1, 0.15) is 31.1 Å². The van der Waals surface area contributed by atoms with Gasteiger partial charge in [-0.15, -0.1) is 11.3 Å². The number of carboxylic acid groups (broad SMARTS) is 1. The van der Waals surface area contributed by atoms with Crippen LogP contribution in [0.15, 0.2) is 17.5 Å². The van der Waals surface area contributed by atoms with E-state index >= 15 is 0 Å². The summed E-state index contributed by atoms with van der Waals surface area (Å²) in [7, 11) is 0. The summed E-state index contributed by atoms with van der Waals surface area (Å²) in [4.78, 5) is 11.9. The molecular weight excluding hydrogens is 210 g/mol. The summed E-state index contributed by atoms with van der Waals surface area (Å²) >= 11 is 1.57. The SMILES string of the molecule is [CH2]CC(CCC)(NC(=O)O)c1cccs1. The van der Waals surface area contributed by atoms with E-state index in [1.807, 2.05) is 24.4 Å². The van der Waals surface area contributed by atoms with E-state index in [0.29, 0.717) is 6.42 Å². The van der Waals surface area contributed by atoms with Gasteiger partial charge in [0.25, 0.3) is 0 Å². The molecule has 1 aromatic heterocycles. The second-order valence-electron chi connectivity index (χ2n) is 3.49. The lowest BCUT2D eigenvalue weighted by Gasteiger charge is -2.31. The molecule has 0 aliphatic rings. The molecule has 0 bridgehead atoms. The Kier molecular flexibility index (Phi) is 4.15. The van der Waals surface area contributed by atoms with Gasteiger partial charge in [-0.3, -0.25) is 0 Å². The van der Waals surface area contributed by atoms with Crippen molar-refractivity contribution in [2.45, 2.75) is 31.7 Å². The van der Waals surface area contributed by atoms with Gasteiger partial charge in [-0.25, -0.2) is 4.79 Å². The Morgan fingerprint density at radius 3 is 2.87 bits per heavy atom. The number of hydrogen-bond donors (Lipinski definition) is 2. The zero-order chi connectivity index (χ0) is 11.3. The van der Waals surface area contributed by atoms with Crippen molar-refractivity contribution in [2.24, 2.45) is 0 Å². The van der Waals surface area contributed by atoms with Crippen LogP contribution >= 0.6 is 11.3 Å². The molecule has 2 N–H and O–H groups in total. The maximum Gasteiger partial charge on any atom is 0.405 e. The van der Waals surface area contributed by atoms with Crippen LogP contribution < -0.4 is 5.32 Å². The molecule has 0 aliphatic carbocycles. The Morgan fingerprint density at radius 2 is 2.47 bits per heavy atom. The lowest BCUT2D eigenvalue weighted by Crippen LogP contribution is -2.44. The summed E-state index contributed by atoms with van der Waals surface area (Å²) < 4.78 is 0. The summed E-state index contributed by atoms with van der Waals surface area (Å²) in [6, 6.07) is 3.89. The van der Waals surface area contributed by atoms with Crippen LogP contribution in [-0.4, -0.2) is 11.2 Å². The van der Waals surface area contributed by atoms with E-state index in [4.69, 9.17) is 5.11 Å². The minimum absolute atomic E-state index is 0.505. The molecule has 0 fully saturated rings. The lowest BCUT2D eigenvalue weighted by atomic mass is 9.89. The topological polar surface area (TPSA) is 49.3 Å². The van der Waals surface area contributed by atoms with Crippen LogP contribution in [-0.2, 0) is 5.54 Å². The van der Waals surface area contributed by atoms with E-state index in [1.165, 1.54) is 0 Å². The molecule has 1 rings (SSSR count). The average molecular weight is 226 g/mol. The summed E-state index contributed by atoms with van der Waals surface area (Å²) in [5.41, 5.74) is -0.505. The Morgan fingerprint density at radius 1 is 1.73 bits per heavy atom. The molecule has 1 aromatic rings. The smallest absolute Gasteiger partial charge is 0.405 e. The van der Waals surface area contributed by atoms with E-state index in [-0.39, 0.29) is 0 Å². The molecule has 1 unspecified atom stereocenters. The Balaban J connectivity index is 2.97. The molecule has 1 radical (unpaired) electrons. The predicted molar refractivity (Wildman–Crippen MR) is 62.0 cm³/mol. The summed E-state index contributed by atoms with van der Waals surface area (Å²) in [6.45, 7) is 5.91. The number of nitrogens with one attached hydrogen (secondary N) is 1. The van der Waals surface area contributed by atoms with Gasteiger partial charge < -0.3 is 10.4 Å². The second kappa shape index (κ2) is 5.16. The fourth-order valence-electron chi connectivity index (χ4n) is 1.74. The van der Waals surface area contributed by atoms with Crippen molar-refractivity contribution in [1.82, 2.24) is 5.32 Å². The third kappa shape index (κ3) is 2.72. The highest BCUT2D eigenvalue weighted by atomic mass is 32.1. The zero-order valence-electron chi connectivity index (χ0n) is 8.82. The highest BCUT2D eigenvalue weighted by molar-refractivity contribution is 7.10. The monoisotopic (exact) mass is 226 g/mol. The van der Waals surface area contributed by atoms with Crippen LogP contribution in [0.2, 0.25) is 0 Å². The van der Waals surface area contributed by atoms with Crippen molar-refractivity contribution >= 4 is 17.4 Å². The molecule has 0 saturated carbocycles. The summed E-state index contributed by atoms with van der Waals surface area (Å²) in [5.74, 6) is 0. The zero-order valence-corrected chi connectivity index (χ0v) is 9.64. The number of amides is 1. The molecule has 1 atom stereocenters. The average Bonchev–Trinajstić information content (AvgIpc) is 2.69. The number of rotatable bonds is 5. The van der Waals surface area contributed by atoms with Gasteiger partial charge in [0.05, 0.1) is 5.54 Å². The van der Waals surface area contributed by atoms with Crippen molar-refractivity contribution in [2.75, 3.05) is 0 Å². The van der Waals surface area contributed by atoms with E-state index < -0.39 is 11.6 Å². The van der Waals surface area contributed by atoms with Crippen molar-refractivity contribution in [3.8, 4) is 0 Å². The van der Waals surface area contributed by atoms with E-state index in [2.05, 4.69) is 12.2 Å². The Bertz CT molecular complexity index is 310. The van der Waals surface area contributed by atoms with Crippen molar-refractivity contribution in [3.63, 3.8) is 0 Å². The van der Waals surface area contributed by atoms with Crippen molar-refractivity contribution in [1.29, 1.82) is 0 Å². The van der Waals surface area contributed by atoms with Gasteiger partial charge in [0.15, 0.2) is 0 Å². The quantitative estimate of drug-likeness (QED) is 0.809. The van der Waals surface area contributed by atoms with Gasteiger partial charge in [0, 0.05) is 4.88 Å². The first-order valence-corrected chi connectivity index (χ1v) is 5.87. The number of carbonyl (C=O) groups is 1. The van der Waals surface area contributed by atoms with Crippen LogP contribution in [0, 0.1) is 6.92 Å². The molecule has 0 aromatic carbocycles. The summed E-state index contributed by atoms with van der Waals surface area (Å²) in [5, 5.41) is 13.4. The molecule has 3 nitrogen and oxygen atoms in total. The van der Waals surface area contributed by atoms with Gasteiger partial charge in [-0.05, 0) is 24.3 Å². The van der Waals surface area contributed by atoms with Crippen molar-refractivity contribution < 1.29 is 9.90 Å². The number of thiophene rings is 1. The summed E-state index contributed by atoms with van der Waals surface area (Å²) in [6.07, 6.45) is 1.26. The Labute approximate surface area is 94.1 Å². The molecule has 0 saturated heterocycles. The minimum Gasteiger partial charge on any atom is -0.465 e. The first-order chi connectivity index (χ1) is 7.14. The minimum atomic E-state index is -0.986. The Hall–Kier alpha value is -1.03. The second-order valence-corrected chi connectivity index (χ2v) is 4.44. The van der Waals surface area contributed by atoms with Crippen molar-refractivity contribution in [3.05, 3.63) is 29.3 Å². The highest BCUT2D eigenvalue weighted by Gasteiger charge is 2.32. The standard InChI is InChI=1S/C11H16NO2S/c1-3-7-11(4-2,12-10(13)14)9-6-5-8-15-9/h5-6,8,12H,2-4,7H2,1H3,(H,13,14). The predicted octanol–water partition coefficient (Wildman–Crippen LogP) is 3.24. The molecule has 1 amide bonds. The molecule has 0 aliphatic heterocycles. The molecule has 15 heavy (non-hydrogen) atoms. The molecule has 1 heterocycles. The fraction of sp³-hybridized carbons (Fsp3) is 0.455. The van der Waals surface area contributed by atoms with Gasteiger partial charge in [-0.2, -0.15) is 0 Å². The van der Waals surface area contributed by atoms with Crippen LogP contribution in [0.5, 0.6) is 0 Å². The van der Waals surface area contributed by atoms with E-state index in [1.54, 1.807) is 11.3 Å². The van der Waals surface area contributed by atoms with E-state index in [9.17, 15) is 4.79 Å². The fourth-order valence-corrected chi connectivity index (χ4v) is 2.68. The van der Waals surface area contributed by atoms with Gasteiger partial charge >= 0.3 is 6.09 Å². The number of hydrogen-bond acceptors (Lipinski definition) is 2. The normalized spacial score (nSPS) is 14.5. The van der Waals surface area contributed by atoms with Crippen LogP contribution in [0.25, 0.3) is 0 Å². The highest BCUT2D eigenvalue weighted by Crippen LogP contribution is 2.33. The molecule has 4 heteroatoms. The largest absolute Gasteiger partial charge is 0.465 e. The van der Waals surface area contributed by atoms with Gasteiger partial charge in [0.1, 0.15) is 0 Å². The maximum atomic E-state index is 10.8. The molecule has 0 spiro atoms.